The van der Waals surface area contributed by atoms with E-state index in [9.17, 15) is 0 Å². The molecule has 1 heterocycles. The third-order valence-electron chi connectivity index (χ3n) is 4.05. The zero-order valence-electron chi connectivity index (χ0n) is 10.3. The fourth-order valence-corrected chi connectivity index (χ4v) is 2.87. The van der Waals surface area contributed by atoms with Gasteiger partial charge in [-0.25, -0.2) is 0 Å². The lowest BCUT2D eigenvalue weighted by atomic mass is 9.71. The average Bonchev–Trinajstić information content (AvgIpc) is 2.74. The number of nitrogens with two attached hydrogens (primary N) is 1. The van der Waals surface area contributed by atoms with Gasteiger partial charge in [-0.05, 0) is 43.2 Å². The van der Waals surface area contributed by atoms with Crippen molar-refractivity contribution in [2.24, 2.45) is 18.2 Å². The molecule has 0 bridgehead atoms. The molecule has 0 spiro atoms. The molecule has 0 saturated heterocycles. The van der Waals surface area contributed by atoms with Crippen LogP contribution in [0.1, 0.15) is 44.1 Å². The summed E-state index contributed by atoms with van der Waals surface area (Å²) in [6.45, 7) is 0.854. The summed E-state index contributed by atoms with van der Waals surface area (Å²) >= 11 is 0. The summed E-state index contributed by atoms with van der Waals surface area (Å²) in [7, 11) is 1.98. The maximum atomic E-state index is 5.99. The summed E-state index contributed by atoms with van der Waals surface area (Å²) in [5.74, 6) is 0. The smallest absolute Gasteiger partial charge is 0.0521 e. The third-order valence-corrected chi connectivity index (χ3v) is 4.05. The molecule has 2 N–H and O–H groups in total. The maximum Gasteiger partial charge on any atom is 0.0521 e. The van der Waals surface area contributed by atoms with Crippen molar-refractivity contribution in [2.45, 2.75) is 44.9 Å². The predicted molar refractivity (Wildman–Crippen MR) is 66.1 cm³/mol. The van der Waals surface area contributed by atoms with E-state index in [1.54, 1.807) is 0 Å². The Labute approximate surface area is 98.0 Å². The highest BCUT2D eigenvalue weighted by Gasteiger charge is 2.30. The molecule has 0 atom stereocenters. The number of nitrogens with zero attached hydrogens (tertiary/aromatic N) is 2. The lowest BCUT2D eigenvalue weighted by Crippen LogP contribution is -2.33. The number of aryl methyl sites for hydroxylation is 2. The third kappa shape index (κ3) is 2.64. The van der Waals surface area contributed by atoms with E-state index in [1.165, 1.54) is 44.1 Å². The van der Waals surface area contributed by atoms with Crippen molar-refractivity contribution < 1.29 is 0 Å². The normalized spacial score (nSPS) is 19.9. The highest BCUT2D eigenvalue weighted by molar-refractivity contribution is 5.04. The van der Waals surface area contributed by atoms with Crippen molar-refractivity contribution in [3.05, 3.63) is 18.0 Å². The van der Waals surface area contributed by atoms with Crippen LogP contribution < -0.4 is 5.73 Å². The average molecular weight is 221 g/mol. The molecule has 1 aromatic heterocycles. The number of aromatic nitrogens is 2. The SMILES string of the molecule is Cn1cc(CCC2(CN)CCCCC2)cn1. The van der Waals surface area contributed by atoms with E-state index < -0.39 is 0 Å². The van der Waals surface area contributed by atoms with Crippen molar-refractivity contribution in [3.63, 3.8) is 0 Å². The molecule has 3 nitrogen and oxygen atoms in total. The quantitative estimate of drug-likeness (QED) is 0.847. The number of rotatable bonds is 4. The Morgan fingerprint density at radius 3 is 2.69 bits per heavy atom. The van der Waals surface area contributed by atoms with Gasteiger partial charge in [0.05, 0.1) is 6.20 Å². The first kappa shape index (κ1) is 11.6. The summed E-state index contributed by atoms with van der Waals surface area (Å²) < 4.78 is 1.88. The Bertz CT molecular complexity index is 324. The molecule has 1 aliphatic carbocycles. The topological polar surface area (TPSA) is 43.8 Å². The monoisotopic (exact) mass is 221 g/mol. The van der Waals surface area contributed by atoms with E-state index in [0.29, 0.717) is 5.41 Å². The minimum atomic E-state index is 0.425. The molecule has 0 aliphatic heterocycles. The van der Waals surface area contributed by atoms with Gasteiger partial charge in [-0.3, -0.25) is 4.68 Å². The van der Waals surface area contributed by atoms with Gasteiger partial charge < -0.3 is 5.73 Å². The molecule has 3 heteroatoms. The Hall–Kier alpha value is -0.830. The van der Waals surface area contributed by atoms with Crippen LogP contribution in [0.5, 0.6) is 0 Å². The van der Waals surface area contributed by atoms with Crippen LogP contribution in [0.2, 0.25) is 0 Å². The molecule has 1 fully saturated rings. The van der Waals surface area contributed by atoms with Crippen LogP contribution in [0.4, 0.5) is 0 Å². The van der Waals surface area contributed by atoms with Gasteiger partial charge >= 0.3 is 0 Å². The molecule has 0 amide bonds. The van der Waals surface area contributed by atoms with E-state index in [1.807, 2.05) is 17.9 Å². The fourth-order valence-electron chi connectivity index (χ4n) is 2.87. The van der Waals surface area contributed by atoms with Crippen LogP contribution in [-0.4, -0.2) is 16.3 Å². The van der Waals surface area contributed by atoms with Crippen molar-refractivity contribution in [1.29, 1.82) is 0 Å². The first-order valence-electron chi connectivity index (χ1n) is 6.42. The van der Waals surface area contributed by atoms with E-state index >= 15 is 0 Å². The lowest BCUT2D eigenvalue weighted by molar-refractivity contribution is 0.182. The Kier molecular flexibility index (Phi) is 3.64. The molecular weight excluding hydrogens is 198 g/mol. The minimum Gasteiger partial charge on any atom is -0.330 e. The van der Waals surface area contributed by atoms with Gasteiger partial charge in [-0.2, -0.15) is 5.10 Å². The first-order chi connectivity index (χ1) is 7.74. The van der Waals surface area contributed by atoms with Crippen LogP contribution in [0, 0.1) is 5.41 Å². The zero-order chi connectivity index (χ0) is 11.4. The molecule has 1 aliphatic rings. The number of hydrogen-bond donors (Lipinski definition) is 1. The molecule has 0 aromatic carbocycles. The van der Waals surface area contributed by atoms with Crippen LogP contribution >= 0.6 is 0 Å². The van der Waals surface area contributed by atoms with Crippen LogP contribution in [0.15, 0.2) is 12.4 Å². The molecule has 0 unspecified atom stereocenters. The highest BCUT2D eigenvalue weighted by atomic mass is 15.2. The van der Waals surface area contributed by atoms with Crippen molar-refractivity contribution >= 4 is 0 Å². The zero-order valence-corrected chi connectivity index (χ0v) is 10.3. The summed E-state index contributed by atoms with van der Waals surface area (Å²) in [5.41, 5.74) is 7.76. The van der Waals surface area contributed by atoms with Gasteiger partial charge in [0.2, 0.25) is 0 Å². The van der Waals surface area contributed by atoms with E-state index in [0.717, 1.165) is 13.0 Å². The minimum absolute atomic E-state index is 0.425. The van der Waals surface area contributed by atoms with Gasteiger partial charge in [-0.15, -0.1) is 0 Å². The Morgan fingerprint density at radius 2 is 2.12 bits per heavy atom. The van der Waals surface area contributed by atoms with Crippen LogP contribution in [-0.2, 0) is 13.5 Å². The summed E-state index contributed by atoms with van der Waals surface area (Å²) in [6, 6.07) is 0. The predicted octanol–water partition coefficient (Wildman–Crippen LogP) is 2.26. The summed E-state index contributed by atoms with van der Waals surface area (Å²) in [5, 5.41) is 4.21. The molecule has 1 aromatic rings. The van der Waals surface area contributed by atoms with Crippen LogP contribution in [0.3, 0.4) is 0 Å². The Balaban J connectivity index is 1.91. The largest absolute Gasteiger partial charge is 0.330 e. The van der Waals surface area contributed by atoms with Gasteiger partial charge in [0, 0.05) is 13.2 Å². The second kappa shape index (κ2) is 5.00. The van der Waals surface area contributed by atoms with Gasteiger partial charge in [0.25, 0.3) is 0 Å². The maximum absolute atomic E-state index is 5.99. The summed E-state index contributed by atoms with van der Waals surface area (Å²) in [4.78, 5) is 0. The molecule has 2 rings (SSSR count). The second-order valence-corrected chi connectivity index (χ2v) is 5.29. The molecule has 16 heavy (non-hydrogen) atoms. The molecular formula is C13H23N3. The molecule has 90 valence electrons. The van der Waals surface area contributed by atoms with E-state index in [2.05, 4.69) is 11.3 Å². The van der Waals surface area contributed by atoms with Crippen LogP contribution in [0.25, 0.3) is 0 Å². The molecule has 0 radical (unpaired) electrons. The summed E-state index contributed by atoms with van der Waals surface area (Å²) in [6.07, 6.45) is 13.2. The van der Waals surface area contributed by atoms with Gasteiger partial charge in [-0.1, -0.05) is 19.3 Å². The van der Waals surface area contributed by atoms with E-state index in [-0.39, 0.29) is 0 Å². The second-order valence-electron chi connectivity index (χ2n) is 5.29. The first-order valence-corrected chi connectivity index (χ1v) is 6.42. The highest BCUT2D eigenvalue weighted by Crippen LogP contribution is 2.39. The number of hydrogen-bond acceptors (Lipinski definition) is 2. The van der Waals surface area contributed by atoms with Crippen molar-refractivity contribution in [3.8, 4) is 0 Å². The van der Waals surface area contributed by atoms with E-state index in [4.69, 9.17) is 5.73 Å². The fraction of sp³-hybridized carbons (Fsp3) is 0.769. The lowest BCUT2D eigenvalue weighted by Gasteiger charge is -2.36. The van der Waals surface area contributed by atoms with Crippen molar-refractivity contribution in [1.82, 2.24) is 9.78 Å². The van der Waals surface area contributed by atoms with Crippen molar-refractivity contribution in [2.75, 3.05) is 6.54 Å². The van der Waals surface area contributed by atoms with Gasteiger partial charge in [0.15, 0.2) is 0 Å². The molecule has 1 saturated carbocycles. The Morgan fingerprint density at radius 1 is 1.38 bits per heavy atom. The van der Waals surface area contributed by atoms with Gasteiger partial charge in [0.1, 0.15) is 0 Å². The standard InChI is InChI=1S/C13H23N3/c1-16-10-12(9-15-16)5-8-13(11-14)6-3-2-4-7-13/h9-10H,2-8,11,14H2,1H3.